The molecule has 0 bridgehead atoms. The topological polar surface area (TPSA) is 70.6 Å². The molecule has 1 amide bonds. The van der Waals surface area contributed by atoms with Gasteiger partial charge in [0.15, 0.2) is 15.0 Å². The molecule has 0 atom stereocenters. The summed E-state index contributed by atoms with van der Waals surface area (Å²) < 4.78 is 38.1. The van der Waals surface area contributed by atoms with E-state index in [0.29, 0.717) is 28.4 Å². The summed E-state index contributed by atoms with van der Waals surface area (Å²) in [6.45, 7) is 6.79. The Labute approximate surface area is 179 Å². The van der Waals surface area contributed by atoms with Crippen LogP contribution in [0.5, 0.6) is 0 Å². The van der Waals surface area contributed by atoms with Gasteiger partial charge in [-0.2, -0.15) is 0 Å². The minimum absolute atomic E-state index is 0.0865. The molecule has 1 heterocycles. The van der Waals surface area contributed by atoms with Crippen molar-refractivity contribution in [3.05, 3.63) is 53.8 Å². The molecule has 0 unspecified atom stereocenters. The standard InChI is InChI=1S/C21H24FN3O3S2/c1-4-24(5-2)11-12-25(21-23-18-10-9-16(22)14-19(18)29-21)20(26)15-7-6-8-17(13-15)30(3,27)28/h6-10,13-14H,4-5,11-12H2,1-3H3. The number of likely N-dealkylation sites (N-methyl/N-ethyl adjacent to an activating group) is 1. The van der Waals surface area contributed by atoms with Crippen molar-refractivity contribution in [1.82, 2.24) is 9.88 Å². The van der Waals surface area contributed by atoms with Crippen LogP contribution in [-0.4, -0.2) is 56.6 Å². The fourth-order valence-corrected chi connectivity index (χ4v) is 4.76. The van der Waals surface area contributed by atoms with Crippen molar-refractivity contribution in [3.63, 3.8) is 0 Å². The third-order valence-corrected chi connectivity index (χ3v) is 7.01. The summed E-state index contributed by atoms with van der Waals surface area (Å²) in [5.41, 5.74) is 0.879. The number of fused-ring (bicyclic) bond motifs is 1. The molecule has 160 valence electrons. The van der Waals surface area contributed by atoms with Crippen LogP contribution in [0.15, 0.2) is 47.4 Å². The van der Waals surface area contributed by atoms with Crippen molar-refractivity contribution in [2.75, 3.05) is 37.3 Å². The number of hydrogen-bond acceptors (Lipinski definition) is 6. The minimum atomic E-state index is -3.44. The predicted molar refractivity (Wildman–Crippen MR) is 119 cm³/mol. The van der Waals surface area contributed by atoms with E-state index in [0.717, 1.165) is 19.3 Å². The van der Waals surface area contributed by atoms with Crippen molar-refractivity contribution in [2.45, 2.75) is 18.7 Å². The van der Waals surface area contributed by atoms with Crippen LogP contribution in [0.2, 0.25) is 0 Å². The molecule has 0 fully saturated rings. The second-order valence-corrected chi connectivity index (χ2v) is 9.92. The lowest BCUT2D eigenvalue weighted by Gasteiger charge is -2.24. The molecule has 6 nitrogen and oxygen atoms in total. The van der Waals surface area contributed by atoms with Crippen molar-refractivity contribution in [1.29, 1.82) is 0 Å². The number of halogens is 1. The second kappa shape index (κ2) is 9.20. The molecule has 1 aromatic heterocycles. The first kappa shape index (κ1) is 22.3. The fraction of sp³-hybridized carbons (Fsp3) is 0.333. The Balaban J connectivity index is 2.00. The zero-order valence-corrected chi connectivity index (χ0v) is 18.8. The molecular weight excluding hydrogens is 425 g/mol. The molecule has 0 saturated heterocycles. The Morgan fingerprint density at radius 3 is 2.50 bits per heavy atom. The maximum Gasteiger partial charge on any atom is 0.260 e. The molecule has 30 heavy (non-hydrogen) atoms. The highest BCUT2D eigenvalue weighted by molar-refractivity contribution is 7.90. The first-order valence-corrected chi connectivity index (χ1v) is 12.3. The summed E-state index contributed by atoms with van der Waals surface area (Å²) in [4.78, 5) is 21.7. The number of carbonyl (C=O) groups is 1. The van der Waals surface area contributed by atoms with Crippen LogP contribution in [0.3, 0.4) is 0 Å². The molecule has 3 aromatic rings. The van der Waals surface area contributed by atoms with Gasteiger partial charge in [-0.3, -0.25) is 9.69 Å². The van der Waals surface area contributed by atoms with E-state index in [-0.39, 0.29) is 22.2 Å². The molecule has 0 saturated carbocycles. The number of nitrogens with zero attached hydrogens (tertiary/aromatic N) is 3. The Morgan fingerprint density at radius 1 is 1.10 bits per heavy atom. The van der Waals surface area contributed by atoms with Crippen LogP contribution >= 0.6 is 11.3 Å². The van der Waals surface area contributed by atoms with Gasteiger partial charge >= 0.3 is 0 Å². The third kappa shape index (κ3) is 5.03. The van der Waals surface area contributed by atoms with E-state index >= 15 is 0 Å². The normalized spacial score (nSPS) is 11.9. The molecule has 2 aromatic carbocycles. The fourth-order valence-electron chi connectivity index (χ4n) is 3.08. The number of amides is 1. The van der Waals surface area contributed by atoms with Crippen molar-refractivity contribution < 1.29 is 17.6 Å². The van der Waals surface area contributed by atoms with Crippen molar-refractivity contribution in [3.8, 4) is 0 Å². The Hall–Kier alpha value is -2.36. The summed E-state index contributed by atoms with van der Waals surface area (Å²) in [5.74, 6) is -0.702. The highest BCUT2D eigenvalue weighted by Gasteiger charge is 2.23. The zero-order chi connectivity index (χ0) is 21.9. The summed E-state index contributed by atoms with van der Waals surface area (Å²) in [5, 5.41) is 0.456. The van der Waals surface area contributed by atoms with Crippen molar-refractivity contribution >= 4 is 42.4 Å². The number of aromatic nitrogens is 1. The van der Waals surface area contributed by atoms with E-state index in [1.807, 2.05) is 13.8 Å². The van der Waals surface area contributed by atoms with Crippen molar-refractivity contribution in [2.24, 2.45) is 0 Å². The smallest absolute Gasteiger partial charge is 0.260 e. The van der Waals surface area contributed by atoms with Gasteiger partial charge in [-0.15, -0.1) is 0 Å². The Morgan fingerprint density at radius 2 is 1.83 bits per heavy atom. The van der Waals surface area contributed by atoms with Crippen LogP contribution in [-0.2, 0) is 9.84 Å². The van der Waals surface area contributed by atoms with Crippen LogP contribution in [0.25, 0.3) is 10.2 Å². The maximum atomic E-state index is 13.6. The summed E-state index contributed by atoms with van der Waals surface area (Å²) in [6.07, 6.45) is 1.11. The predicted octanol–water partition coefficient (Wildman–Crippen LogP) is 3.83. The summed E-state index contributed by atoms with van der Waals surface area (Å²) in [6, 6.07) is 10.3. The first-order valence-electron chi connectivity index (χ1n) is 9.63. The second-order valence-electron chi connectivity index (χ2n) is 6.89. The summed E-state index contributed by atoms with van der Waals surface area (Å²) in [7, 11) is -3.44. The van der Waals surface area contributed by atoms with Gasteiger partial charge in [-0.1, -0.05) is 31.3 Å². The highest BCUT2D eigenvalue weighted by Crippen LogP contribution is 2.30. The van der Waals surface area contributed by atoms with Gasteiger partial charge in [-0.05, 0) is 49.5 Å². The van der Waals surface area contributed by atoms with Gasteiger partial charge in [0.1, 0.15) is 5.82 Å². The number of benzene rings is 2. The molecular formula is C21H24FN3O3S2. The van der Waals surface area contributed by atoms with E-state index in [4.69, 9.17) is 0 Å². The quantitative estimate of drug-likeness (QED) is 0.523. The SMILES string of the molecule is CCN(CC)CCN(C(=O)c1cccc(S(C)(=O)=O)c1)c1nc2ccc(F)cc2s1. The van der Waals surface area contributed by atoms with Crippen LogP contribution in [0, 0.1) is 5.82 Å². The van der Waals surface area contributed by atoms with Gasteiger partial charge < -0.3 is 4.90 Å². The largest absolute Gasteiger partial charge is 0.302 e. The number of anilines is 1. The van der Waals surface area contributed by atoms with Gasteiger partial charge in [-0.25, -0.2) is 17.8 Å². The van der Waals surface area contributed by atoms with Crippen LogP contribution < -0.4 is 4.90 Å². The molecule has 0 aliphatic rings. The van der Waals surface area contributed by atoms with E-state index in [2.05, 4.69) is 9.88 Å². The summed E-state index contributed by atoms with van der Waals surface area (Å²) >= 11 is 1.24. The molecule has 0 aliphatic heterocycles. The monoisotopic (exact) mass is 449 g/mol. The molecule has 0 aliphatic carbocycles. The van der Waals surface area contributed by atoms with Crippen LogP contribution in [0.4, 0.5) is 9.52 Å². The Kier molecular flexibility index (Phi) is 6.84. The number of carbonyl (C=O) groups excluding carboxylic acids is 1. The highest BCUT2D eigenvalue weighted by atomic mass is 32.2. The average Bonchev–Trinajstić information content (AvgIpc) is 3.13. The van der Waals surface area contributed by atoms with E-state index in [1.54, 1.807) is 23.1 Å². The number of rotatable bonds is 8. The number of thiazole rings is 1. The lowest BCUT2D eigenvalue weighted by Crippen LogP contribution is -2.38. The molecule has 0 radical (unpaired) electrons. The zero-order valence-electron chi connectivity index (χ0n) is 17.1. The van der Waals surface area contributed by atoms with Gasteiger partial charge in [0, 0.05) is 24.9 Å². The Bertz CT molecular complexity index is 1160. The lowest BCUT2D eigenvalue weighted by atomic mass is 10.2. The lowest BCUT2D eigenvalue weighted by molar-refractivity contribution is 0.0983. The maximum absolute atomic E-state index is 13.6. The van der Waals surface area contributed by atoms with E-state index in [1.165, 1.54) is 35.6 Å². The first-order chi connectivity index (χ1) is 14.2. The van der Waals surface area contributed by atoms with Gasteiger partial charge in [0.2, 0.25) is 0 Å². The van der Waals surface area contributed by atoms with Gasteiger partial charge in [0.05, 0.1) is 15.1 Å². The molecule has 0 N–H and O–H groups in total. The minimum Gasteiger partial charge on any atom is -0.302 e. The van der Waals surface area contributed by atoms with Crippen LogP contribution in [0.1, 0.15) is 24.2 Å². The van der Waals surface area contributed by atoms with Gasteiger partial charge in [0.25, 0.3) is 5.91 Å². The van der Waals surface area contributed by atoms with E-state index < -0.39 is 9.84 Å². The molecule has 9 heteroatoms. The van der Waals surface area contributed by atoms with E-state index in [9.17, 15) is 17.6 Å². The third-order valence-electron chi connectivity index (χ3n) is 4.86. The molecule has 3 rings (SSSR count). The number of hydrogen-bond donors (Lipinski definition) is 0. The average molecular weight is 450 g/mol. The molecule has 0 spiro atoms. The number of sulfone groups is 1.